The lowest BCUT2D eigenvalue weighted by atomic mass is 10.2. The topological polar surface area (TPSA) is 81.4 Å². The summed E-state index contributed by atoms with van der Waals surface area (Å²) in [6.45, 7) is 2.02. The highest BCUT2D eigenvalue weighted by atomic mass is 35.5. The van der Waals surface area contributed by atoms with Gasteiger partial charge in [0.05, 0.1) is 12.3 Å². The van der Waals surface area contributed by atoms with Crippen LogP contribution in [0.25, 0.3) is 11.5 Å². The molecule has 0 aliphatic heterocycles. The summed E-state index contributed by atoms with van der Waals surface area (Å²) in [5.41, 5.74) is -4.12. The molecule has 160 valence electrons. The summed E-state index contributed by atoms with van der Waals surface area (Å²) < 4.78 is 72.0. The number of sulfonamides is 1. The van der Waals surface area contributed by atoms with Crippen molar-refractivity contribution in [3.8, 4) is 17.2 Å². The average Bonchev–Trinajstić information content (AvgIpc) is 3.03. The third-order valence-electron chi connectivity index (χ3n) is 4.00. The van der Waals surface area contributed by atoms with Crippen LogP contribution in [0.15, 0.2) is 52.9 Å². The Balaban J connectivity index is 1.57. The third kappa shape index (κ3) is 5.25. The molecule has 30 heavy (non-hydrogen) atoms. The molecule has 1 aromatic heterocycles. The maximum atomic E-state index is 12.4. The van der Waals surface area contributed by atoms with Gasteiger partial charge in [0.25, 0.3) is 0 Å². The van der Waals surface area contributed by atoms with Gasteiger partial charge in [-0.05, 0) is 55.5 Å². The molecule has 0 saturated heterocycles. The molecular weight excluding hydrogens is 445 g/mol. The zero-order valence-electron chi connectivity index (χ0n) is 15.5. The summed E-state index contributed by atoms with van der Waals surface area (Å²) in [7, 11) is -5.46. The summed E-state index contributed by atoms with van der Waals surface area (Å²) in [6.07, 6.45) is 0.436. The molecule has 1 heterocycles. The predicted molar refractivity (Wildman–Crippen MR) is 106 cm³/mol. The van der Waals surface area contributed by atoms with Gasteiger partial charge in [-0.1, -0.05) is 11.6 Å². The van der Waals surface area contributed by atoms with Crippen molar-refractivity contribution < 1.29 is 30.7 Å². The second-order valence-electron chi connectivity index (χ2n) is 6.20. The highest BCUT2D eigenvalue weighted by molar-refractivity contribution is 7.93. The van der Waals surface area contributed by atoms with Gasteiger partial charge in [-0.25, -0.2) is 4.98 Å². The molecule has 0 unspecified atom stereocenters. The number of oxazole rings is 1. The lowest BCUT2D eigenvalue weighted by Gasteiger charge is -2.11. The highest BCUT2D eigenvalue weighted by Gasteiger charge is 2.46. The molecule has 1 N–H and O–H groups in total. The second-order valence-corrected chi connectivity index (χ2v) is 8.31. The summed E-state index contributed by atoms with van der Waals surface area (Å²) in [5, 5.41) is 0.605. The van der Waals surface area contributed by atoms with Gasteiger partial charge in [-0.2, -0.15) is 21.6 Å². The van der Waals surface area contributed by atoms with E-state index in [0.29, 0.717) is 34.5 Å². The Bertz CT molecular complexity index is 1110. The van der Waals surface area contributed by atoms with E-state index in [1.165, 1.54) is 29.0 Å². The van der Waals surface area contributed by atoms with Crippen LogP contribution in [0, 0.1) is 6.92 Å². The van der Waals surface area contributed by atoms with Gasteiger partial charge in [0, 0.05) is 22.7 Å². The van der Waals surface area contributed by atoms with Gasteiger partial charge in [-0.3, -0.25) is 4.72 Å². The second kappa shape index (κ2) is 8.57. The lowest BCUT2D eigenvalue weighted by molar-refractivity contribution is -0.0429. The van der Waals surface area contributed by atoms with E-state index < -0.39 is 15.5 Å². The highest BCUT2D eigenvalue weighted by Crippen LogP contribution is 2.27. The van der Waals surface area contributed by atoms with Crippen LogP contribution < -0.4 is 9.46 Å². The molecule has 0 aliphatic carbocycles. The summed E-state index contributed by atoms with van der Waals surface area (Å²) in [5.74, 6) is 1.46. The van der Waals surface area contributed by atoms with Crippen LogP contribution in [0.3, 0.4) is 0 Å². The number of hydrogen-bond acceptors (Lipinski definition) is 5. The molecule has 3 rings (SSSR count). The van der Waals surface area contributed by atoms with E-state index in [1.54, 1.807) is 31.2 Å². The van der Waals surface area contributed by atoms with E-state index in [9.17, 15) is 21.6 Å². The molecule has 0 amide bonds. The number of aromatic nitrogens is 1. The Labute approximate surface area is 175 Å². The molecule has 2 aromatic carbocycles. The molecule has 0 fully saturated rings. The number of anilines is 1. The summed E-state index contributed by atoms with van der Waals surface area (Å²) in [4.78, 5) is 4.45. The van der Waals surface area contributed by atoms with E-state index in [4.69, 9.17) is 20.8 Å². The van der Waals surface area contributed by atoms with Crippen LogP contribution in [-0.4, -0.2) is 25.5 Å². The minimum absolute atomic E-state index is 0.223. The van der Waals surface area contributed by atoms with Crippen LogP contribution >= 0.6 is 11.6 Å². The molecule has 0 aliphatic rings. The summed E-state index contributed by atoms with van der Waals surface area (Å²) in [6, 6.07) is 12.1. The first-order chi connectivity index (χ1) is 14.0. The van der Waals surface area contributed by atoms with E-state index in [-0.39, 0.29) is 12.3 Å². The number of rotatable bonds is 7. The van der Waals surface area contributed by atoms with Crippen molar-refractivity contribution >= 4 is 27.3 Å². The normalized spacial score (nSPS) is 12.0. The van der Waals surface area contributed by atoms with Gasteiger partial charge < -0.3 is 9.15 Å². The molecule has 6 nitrogen and oxygen atoms in total. The van der Waals surface area contributed by atoms with E-state index in [0.717, 1.165) is 5.56 Å². The van der Waals surface area contributed by atoms with E-state index in [2.05, 4.69) is 4.98 Å². The van der Waals surface area contributed by atoms with Gasteiger partial charge in [-0.15, -0.1) is 0 Å². The minimum atomic E-state index is -5.46. The Hall–Kier alpha value is -2.72. The van der Waals surface area contributed by atoms with Gasteiger partial charge >= 0.3 is 15.5 Å². The number of halogens is 4. The molecule has 11 heteroatoms. The lowest BCUT2D eigenvalue weighted by Crippen LogP contribution is -2.29. The predicted octanol–water partition coefficient (Wildman–Crippen LogP) is 5.19. The zero-order chi connectivity index (χ0) is 21.9. The Morgan fingerprint density at radius 1 is 1.10 bits per heavy atom. The van der Waals surface area contributed by atoms with E-state index >= 15 is 0 Å². The SMILES string of the molecule is Cc1oc(-c2ccc(Cl)cc2)nc1CCOc1ccc(NS(=O)(=O)C(F)(F)F)cc1. The van der Waals surface area contributed by atoms with Gasteiger partial charge in [0.15, 0.2) is 0 Å². The van der Waals surface area contributed by atoms with Crippen molar-refractivity contribution in [3.63, 3.8) is 0 Å². The molecule has 3 aromatic rings. The standard InChI is InChI=1S/C19H16ClF3N2O4S/c1-12-17(24-18(29-12)13-2-4-14(20)5-3-13)10-11-28-16-8-6-15(7-9-16)25-30(26,27)19(21,22)23/h2-9,25H,10-11H2,1H3. The molecule has 0 spiro atoms. The maximum absolute atomic E-state index is 12.4. The van der Waals surface area contributed by atoms with Crippen molar-refractivity contribution in [2.24, 2.45) is 0 Å². The average molecular weight is 461 g/mol. The van der Waals surface area contributed by atoms with E-state index in [1.807, 2.05) is 0 Å². The van der Waals surface area contributed by atoms with Crippen molar-refractivity contribution in [1.82, 2.24) is 4.98 Å². The minimum Gasteiger partial charge on any atom is -0.493 e. The Morgan fingerprint density at radius 3 is 2.33 bits per heavy atom. The smallest absolute Gasteiger partial charge is 0.493 e. The fraction of sp³-hybridized carbons (Fsp3) is 0.211. The number of aryl methyl sites for hydroxylation is 1. The quantitative estimate of drug-likeness (QED) is 0.525. The number of benzene rings is 2. The van der Waals surface area contributed by atoms with Crippen LogP contribution in [0.2, 0.25) is 5.02 Å². The van der Waals surface area contributed by atoms with Gasteiger partial charge in [0.1, 0.15) is 11.5 Å². The first-order valence-corrected chi connectivity index (χ1v) is 10.5. The number of hydrogen-bond donors (Lipinski definition) is 1. The molecular formula is C19H16ClF3N2O4S. The molecule has 0 saturated carbocycles. The summed E-state index contributed by atoms with van der Waals surface area (Å²) >= 11 is 5.87. The number of nitrogens with zero attached hydrogens (tertiary/aromatic N) is 1. The first-order valence-electron chi connectivity index (χ1n) is 8.59. The number of alkyl halides is 3. The Kier molecular flexibility index (Phi) is 6.27. The zero-order valence-corrected chi connectivity index (χ0v) is 17.1. The van der Waals surface area contributed by atoms with Crippen molar-refractivity contribution in [3.05, 3.63) is 65.0 Å². The molecule has 0 radical (unpaired) electrons. The number of nitrogens with one attached hydrogen (secondary N) is 1. The van der Waals surface area contributed by atoms with Crippen molar-refractivity contribution in [2.75, 3.05) is 11.3 Å². The molecule has 0 bridgehead atoms. The maximum Gasteiger partial charge on any atom is 0.516 e. The number of ether oxygens (including phenoxy) is 1. The van der Waals surface area contributed by atoms with Crippen LogP contribution in [-0.2, 0) is 16.4 Å². The van der Waals surface area contributed by atoms with Crippen LogP contribution in [0.5, 0.6) is 5.75 Å². The van der Waals surface area contributed by atoms with Crippen LogP contribution in [0.1, 0.15) is 11.5 Å². The monoisotopic (exact) mass is 460 g/mol. The fourth-order valence-electron chi connectivity index (χ4n) is 2.47. The van der Waals surface area contributed by atoms with Gasteiger partial charge in [0.2, 0.25) is 5.89 Å². The van der Waals surface area contributed by atoms with Crippen molar-refractivity contribution in [1.29, 1.82) is 0 Å². The fourth-order valence-corrected chi connectivity index (χ4v) is 3.16. The molecule has 0 atom stereocenters. The Morgan fingerprint density at radius 2 is 1.73 bits per heavy atom. The first kappa shape index (κ1) is 22.0. The third-order valence-corrected chi connectivity index (χ3v) is 5.37. The van der Waals surface area contributed by atoms with Crippen LogP contribution in [0.4, 0.5) is 18.9 Å². The largest absolute Gasteiger partial charge is 0.516 e. The van der Waals surface area contributed by atoms with Crippen molar-refractivity contribution in [2.45, 2.75) is 18.9 Å².